The molecule has 0 fully saturated rings. The molecular formula is C23H17N5O. The maximum Gasteiger partial charge on any atom is 0.255 e. The highest BCUT2D eigenvalue weighted by molar-refractivity contribution is 6.04. The number of nitrogens with one attached hydrogen (secondary N) is 3. The molecular weight excluding hydrogens is 362 g/mol. The molecule has 6 nitrogen and oxygen atoms in total. The highest BCUT2D eigenvalue weighted by atomic mass is 16.1. The molecule has 5 aromatic rings. The summed E-state index contributed by atoms with van der Waals surface area (Å²) in [6.45, 7) is 0. The van der Waals surface area contributed by atoms with E-state index in [-0.39, 0.29) is 5.91 Å². The van der Waals surface area contributed by atoms with Crippen LogP contribution in [-0.4, -0.2) is 26.1 Å². The van der Waals surface area contributed by atoms with E-state index in [1.165, 1.54) is 0 Å². The number of amides is 1. The van der Waals surface area contributed by atoms with Gasteiger partial charge in [0, 0.05) is 51.9 Å². The number of carbonyl (C=O) groups excluding carboxylic acids is 1. The molecule has 3 N–H and O–H groups in total. The molecule has 0 atom stereocenters. The second-order valence-corrected chi connectivity index (χ2v) is 6.71. The Bertz CT molecular complexity index is 1270. The third-order valence-corrected chi connectivity index (χ3v) is 4.85. The minimum Gasteiger partial charge on any atom is -0.346 e. The fraction of sp³-hybridized carbons (Fsp3) is 0. The van der Waals surface area contributed by atoms with E-state index in [4.69, 9.17) is 0 Å². The molecule has 1 amide bonds. The number of fused-ring (bicyclic) bond motifs is 1. The number of hydrogen-bond acceptors (Lipinski definition) is 3. The number of aromatic nitrogens is 4. The number of aromatic amines is 2. The van der Waals surface area contributed by atoms with Gasteiger partial charge >= 0.3 is 0 Å². The van der Waals surface area contributed by atoms with Crippen LogP contribution in [0.2, 0.25) is 0 Å². The van der Waals surface area contributed by atoms with Crippen LogP contribution < -0.4 is 5.32 Å². The van der Waals surface area contributed by atoms with Crippen molar-refractivity contribution >= 4 is 22.6 Å². The maximum atomic E-state index is 12.4. The van der Waals surface area contributed by atoms with E-state index in [0.717, 1.165) is 39.0 Å². The predicted octanol–water partition coefficient (Wildman–Crippen LogP) is 4.87. The van der Waals surface area contributed by atoms with Gasteiger partial charge < -0.3 is 10.3 Å². The zero-order valence-electron chi connectivity index (χ0n) is 15.4. The van der Waals surface area contributed by atoms with E-state index in [1.807, 2.05) is 73.2 Å². The molecule has 0 aliphatic rings. The van der Waals surface area contributed by atoms with Gasteiger partial charge in [-0.1, -0.05) is 30.3 Å². The van der Waals surface area contributed by atoms with E-state index < -0.39 is 0 Å². The largest absolute Gasteiger partial charge is 0.346 e. The summed E-state index contributed by atoms with van der Waals surface area (Å²) in [5, 5.41) is 10.8. The SMILES string of the molecule is O=C(Nc1ccccc1)c1ccc(-c2cnc3[nH]cc(-c4cn[nH]c4)c3c2)cc1. The van der Waals surface area contributed by atoms with Crippen LogP contribution in [0.25, 0.3) is 33.3 Å². The third-order valence-electron chi connectivity index (χ3n) is 4.85. The van der Waals surface area contributed by atoms with Crippen molar-refractivity contribution in [1.82, 2.24) is 20.2 Å². The van der Waals surface area contributed by atoms with Crippen molar-refractivity contribution in [3.63, 3.8) is 0 Å². The molecule has 0 radical (unpaired) electrons. The van der Waals surface area contributed by atoms with Crippen LogP contribution in [0.5, 0.6) is 0 Å². The molecule has 0 saturated heterocycles. The van der Waals surface area contributed by atoms with Crippen molar-refractivity contribution in [2.75, 3.05) is 5.32 Å². The van der Waals surface area contributed by atoms with Gasteiger partial charge in [-0.05, 0) is 35.9 Å². The van der Waals surface area contributed by atoms with Crippen molar-refractivity contribution in [1.29, 1.82) is 0 Å². The molecule has 5 rings (SSSR count). The van der Waals surface area contributed by atoms with Gasteiger partial charge in [0.2, 0.25) is 0 Å². The van der Waals surface area contributed by atoms with E-state index in [0.29, 0.717) is 5.56 Å². The second kappa shape index (κ2) is 7.09. The minimum atomic E-state index is -0.135. The summed E-state index contributed by atoms with van der Waals surface area (Å²) >= 11 is 0. The fourth-order valence-electron chi connectivity index (χ4n) is 3.34. The summed E-state index contributed by atoms with van der Waals surface area (Å²) in [5.74, 6) is -0.135. The summed E-state index contributed by atoms with van der Waals surface area (Å²) < 4.78 is 0. The second-order valence-electron chi connectivity index (χ2n) is 6.71. The molecule has 6 heteroatoms. The van der Waals surface area contributed by atoms with Gasteiger partial charge in [0.25, 0.3) is 5.91 Å². The summed E-state index contributed by atoms with van der Waals surface area (Å²) in [4.78, 5) is 20.2. The Balaban J connectivity index is 1.43. The average Bonchev–Trinajstić information content (AvgIpc) is 3.44. The molecule has 2 aromatic carbocycles. The number of rotatable bonds is 4. The Kier molecular flexibility index (Phi) is 4.14. The number of hydrogen-bond donors (Lipinski definition) is 3. The van der Waals surface area contributed by atoms with Gasteiger partial charge in [-0.25, -0.2) is 4.98 Å². The first-order chi connectivity index (χ1) is 14.3. The molecule has 0 unspecified atom stereocenters. The monoisotopic (exact) mass is 379 g/mol. The first-order valence-corrected chi connectivity index (χ1v) is 9.21. The molecule has 3 aromatic heterocycles. The Labute approximate surface area is 166 Å². The predicted molar refractivity (Wildman–Crippen MR) is 114 cm³/mol. The molecule has 0 aliphatic heterocycles. The molecule has 0 saturated carbocycles. The number of H-pyrrole nitrogens is 2. The zero-order chi connectivity index (χ0) is 19.6. The van der Waals surface area contributed by atoms with Gasteiger partial charge in [0.05, 0.1) is 6.20 Å². The van der Waals surface area contributed by atoms with Crippen molar-refractivity contribution in [3.05, 3.63) is 91.0 Å². The number of para-hydroxylation sites is 1. The molecule has 0 aliphatic carbocycles. The highest BCUT2D eigenvalue weighted by Gasteiger charge is 2.11. The molecule has 29 heavy (non-hydrogen) atoms. The van der Waals surface area contributed by atoms with E-state index in [1.54, 1.807) is 6.20 Å². The Morgan fingerprint density at radius 3 is 2.45 bits per heavy atom. The van der Waals surface area contributed by atoms with Crippen LogP contribution in [0.3, 0.4) is 0 Å². The number of carbonyl (C=O) groups is 1. The van der Waals surface area contributed by atoms with Crippen LogP contribution in [0, 0.1) is 0 Å². The summed E-state index contributed by atoms with van der Waals surface area (Å²) in [7, 11) is 0. The number of nitrogens with zero attached hydrogens (tertiary/aromatic N) is 2. The van der Waals surface area contributed by atoms with E-state index >= 15 is 0 Å². The van der Waals surface area contributed by atoms with Crippen LogP contribution in [0.15, 0.2) is 85.5 Å². The smallest absolute Gasteiger partial charge is 0.255 e. The van der Waals surface area contributed by atoms with E-state index in [2.05, 4.69) is 31.5 Å². The van der Waals surface area contributed by atoms with Crippen LogP contribution in [-0.2, 0) is 0 Å². The van der Waals surface area contributed by atoms with Gasteiger partial charge in [0.15, 0.2) is 0 Å². The lowest BCUT2D eigenvalue weighted by atomic mass is 10.0. The van der Waals surface area contributed by atoms with Gasteiger partial charge in [-0.2, -0.15) is 5.10 Å². The molecule has 140 valence electrons. The normalized spacial score (nSPS) is 10.9. The van der Waals surface area contributed by atoms with E-state index in [9.17, 15) is 4.79 Å². The Hall–Kier alpha value is -4.19. The van der Waals surface area contributed by atoms with Gasteiger partial charge in [-0.15, -0.1) is 0 Å². The highest BCUT2D eigenvalue weighted by Crippen LogP contribution is 2.30. The van der Waals surface area contributed by atoms with Crippen molar-refractivity contribution in [2.24, 2.45) is 0 Å². The molecule has 3 heterocycles. The standard InChI is InChI=1S/C23H17N5O/c29-23(28-19-4-2-1-3-5-19)16-8-6-15(7-9-16)17-10-20-21(18-12-26-27-13-18)14-25-22(20)24-11-17/h1-14H,(H,24,25)(H,26,27)(H,28,29). The van der Waals surface area contributed by atoms with Gasteiger partial charge in [0.1, 0.15) is 5.65 Å². The molecule has 0 spiro atoms. The maximum absolute atomic E-state index is 12.4. The quantitative estimate of drug-likeness (QED) is 0.416. The third kappa shape index (κ3) is 3.27. The lowest BCUT2D eigenvalue weighted by Gasteiger charge is -2.07. The molecule has 0 bridgehead atoms. The Morgan fingerprint density at radius 1 is 0.862 bits per heavy atom. The first kappa shape index (κ1) is 16.9. The average molecular weight is 379 g/mol. The van der Waals surface area contributed by atoms with Crippen LogP contribution in [0.4, 0.5) is 5.69 Å². The van der Waals surface area contributed by atoms with Gasteiger partial charge in [-0.3, -0.25) is 9.89 Å². The van der Waals surface area contributed by atoms with Crippen molar-refractivity contribution in [3.8, 4) is 22.3 Å². The summed E-state index contributed by atoms with van der Waals surface area (Å²) in [6, 6.07) is 19.0. The lowest BCUT2D eigenvalue weighted by Crippen LogP contribution is -2.11. The van der Waals surface area contributed by atoms with Crippen molar-refractivity contribution in [2.45, 2.75) is 0 Å². The topological polar surface area (TPSA) is 86.5 Å². The summed E-state index contributed by atoms with van der Waals surface area (Å²) in [6.07, 6.45) is 7.41. The van der Waals surface area contributed by atoms with Crippen LogP contribution in [0.1, 0.15) is 10.4 Å². The Morgan fingerprint density at radius 2 is 1.69 bits per heavy atom. The zero-order valence-corrected chi connectivity index (χ0v) is 15.4. The summed E-state index contributed by atoms with van der Waals surface area (Å²) in [5.41, 5.74) is 6.23. The van der Waals surface area contributed by atoms with Crippen LogP contribution >= 0.6 is 0 Å². The first-order valence-electron chi connectivity index (χ1n) is 9.21. The number of anilines is 1. The lowest BCUT2D eigenvalue weighted by molar-refractivity contribution is 0.102. The van der Waals surface area contributed by atoms with Crippen molar-refractivity contribution < 1.29 is 4.79 Å². The number of benzene rings is 2. The number of pyridine rings is 1. The minimum absolute atomic E-state index is 0.135. The fourth-order valence-corrected chi connectivity index (χ4v) is 3.34.